The van der Waals surface area contributed by atoms with E-state index in [0.29, 0.717) is 5.69 Å². The molecule has 1 aliphatic rings. The summed E-state index contributed by atoms with van der Waals surface area (Å²) >= 11 is 0. The number of nitrogens with one attached hydrogen (secondary N) is 1. The smallest absolute Gasteiger partial charge is 0.202 e. The summed E-state index contributed by atoms with van der Waals surface area (Å²) in [6.45, 7) is 7.90. The Kier molecular flexibility index (Phi) is 5.22. The Morgan fingerprint density at radius 2 is 2.14 bits per heavy atom. The fourth-order valence-corrected chi connectivity index (χ4v) is 3.32. The summed E-state index contributed by atoms with van der Waals surface area (Å²) in [4.78, 5) is 24.1. The summed E-state index contributed by atoms with van der Waals surface area (Å²) in [6, 6.07) is 5.57. The van der Waals surface area contributed by atoms with Gasteiger partial charge in [-0.1, -0.05) is 26.0 Å². The van der Waals surface area contributed by atoms with E-state index in [9.17, 15) is 9.90 Å². The number of rotatable bonds is 5. The molecule has 0 saturated heterocycles. The minimum atomic E-state index is -1.06. The third-order valence-electron chi connectivity index (χ3n) is 5.19. The molecule has 146 valence electrons. The minimum absolute atomic E-state index is 0.133. The number of aromatic amines is 1. The lowest BCUT2D eigenvalue weighted by Crippen LogP contribution is -2.20. The molecular weight excluding hydrogens is 352 g/mol. The monoisotopic (exact) mass is 378 g/mol. The van der Waals surface area contributed by atoms with Crippen molar-refractivity contribution in [3.8, 4) is 6.07 Å². The van der Waals surface area contributed by atoms with E-state index in [1.165, 1.54) is 6.20 Å². The van der Waals surface area contributed by atoms with Crippen LogP contribution in [0.4, 0.5) is 0 Å². The van der Waals surface area contributed by atoms with Crippen LogP contribution in [-0.4, -0.2) is 25.8 Å². The number of nitriles is 1. The quantitative estimate of drug-likeness (QED) is 0.768. The lowest BCUT2D eigenvalue weighted by molar-refractivity contribution is 0.0737. The Balaban J connectivity index is 1.97. The van der Waals surface area contributed by atoms with Gasteiger partial charge in [-0.3, -0.25) is 4.79 Å². The summed E-state index contributed by atoms with van der Waals surface area (Å²) in [5.41, 5.74) is 2.73. The highest BCUT2D eigenvalue weighted by atomic mass is 16.3. The number of allylic oxidation sites excluding steroid dienone is 2. The number of carbonyl (C=O) groups excluding carboxylic acids is 1. The number of carbonyl (C=O) groups is 1. The largest absolute Gasteiger partial charge is 0.384 e. The lowest BCUT2D eigenvalue weighted by Gasteiger charge is -2.29. The molecule has 3 rings (SSSR count). The molecule has 1 aliphatic carbocycles. The first-order valence-corrected chi connectivity index (χ1v) is 9.49. The SMILES string of the molecule is CC1(C)CC=C(c2nc(C(C)(C)O)ccc2CC(=O)c2ncc(C#N)[nH]2)CC1. The van der Waals surface area contributed by atoms with Crippen LogP contribution in [0.5, 0.6) is 0 Å². The maximum atomic E-state index is 12.7. The van der Waals surface area contributed by atoms with Gasteiger partial charge in [0, 0.05) is 6.42 Å². The van der Waals surface area contributed by atoms with Crippen LogP contribution in [0.3, 0.4) is 0 Å². The van der Waals surface area contributed by atoms with Crippen molar-refractivity contribution < 1.29 is 9.90 Å². The summed E-state index contributed by atoms with van der Waals surface area (Å²) in [5.74, 6) is -0.0230. The van der Waals surface area contributed by atoms with Gasteiger partial charge in [-0.2, -0.15) is 5.26 Å². The number of hydrogen-bond donors (Lipinski definition) is 2. The van der Waals surface area contributed by atoms with Crippen LogP contribution in [0.15, 0.2) is 24.4 Å². The van der Waals surface area contributed by atoms with Crippen molar-refractivity contribution in [1.29, 1.82) is 5.26 Å². The van der Waals surface area contributed by atoms with Crippen molar-refractivity contribution in [3.63, 3.8) is 0 Å². The van der Waals surface area contributed by atoms with Gasteiger partial charge in [0.15, 0.2) is 5.82 Å². The van der Waals surface area contributed by atoms with E-state index >= 15 is 0 Å². The molecule has 0 amide bonds. The Morgan fingerprint density at radius 3 is 2.71 bits per heavy atom. The molecular formula is C22H26N4O2. The number of imidazole rings is 1. The van der Waals surface area contributed by atoms with Crippen LogP contribution >= 0.6 is 0 Å². The summed E-state index contributed by atoms with van der Waals surface area (Å²) in [5, 5.41) is 19.3. The van der Waals surface area contributed by atoms with Gasteiger partial charge in [0.25, 0.3) is 0 Å². The van der Waals surface area contributed by atoms with Gasteiger partial charge in [0.05, 0.1) is 17.6 Å². The van der Waals surface area contributed by atoms with Crippen LogP contribution in [0.2, 0.25) is 0 Å². The van der Waals surface area contributed by atoms with Gasteiger partial charge in [0.2, 0.25) is 5.78 Å². The second-order valence-corrected chi connectivity index (χ2v) is 8.72. The second-order valence-electron chi connectivity index (χ2n) is 8.72. The van der Waals surface area contributed by atoms with E-state index < -0.39 is 5.60 Å². The molecule has 0 saturated carbocycles. The average molecular weight is 378 g/mol. The van der Waals surface area contributed by atoms with Crippen LogP contribution in [0, 0.1) is 16.7 Å². The van der Waals surface area contributed by atoms with E-state index in [4.69, 9.17) is 10.2 Å². The highest BCUT2D eigenvalue weighted by molar-refractivity contribution is 5.95. The lowest BCUT2D eigenvalue weighted by atomic mass is 9.77. The predicted octanol–water partition coefficient (Wildman–Crippen LogP) is 3.92. The maximum absolute atomic E-state index is 12.7. The maximum Gasteiger partial charge on any atom is 0.202 e. The van der Waals surface area contributed by atoms with Crippen LogP contribution in [-0.2, 0) is 12.0 Å². The van der Waals surface area contributed by atoms with Gasteiger partial charge in [-0.05, 0) is 55.7 Å². The number of H-pyrrole nitrogens is 1. The minimum Gasteiger partial charge on any atom is -0.384 e. The normalized spacial score (nSPS) is 16.4. The Bertz CT molecular complexity index is 971. The van der Waals surface area contributed by atoms with Crippen LogP contribution in [0.1, 0.15) is 80.2 Å². The molecule has 0 atom stereocenters. The van der Waals surface area contributed by atoms with Crippen molar-refractivity contribution in [3.05, 3.63) is 52.9 Å². The van der Waals surface area contributed by atoms with Crippen molar-refractivity contribution >= 4 is 11.4 Å². The van der Waals surface area contributed by atoms with Crippen molar-refractivity contribution in [2.24, 2.45) is 5.41 Å². The molecule has 2 aromatic heterocycles. The van der Waals surface area contributed by atoms with E-state index in [-0.39, 0.29) is 29.1 Å². The Hall–Kier alpha value is -2.78. The number of ketones is 1. The van der Waals surface area contributed by atoms with Crippen LogP contribution < -0.4 is 0 Å². The summed E-state index contributed by atoms with van der Waals surface area (Å²) in [6.07, 6.45) is 6.58. The molecule has 0 bridgehead atoms. The number of nitrogens with zero attached hydrogens (tertiary/aromatic N) is 3. The zero-order valence-corrected chi connectivity index (χ0v) is 16.8. The van der Waals surface area contributed by atoms with Crippen molar-refractivity contribution in [2.75, 3.05) is 0 Å². The van der Waals surface area contributed by atoms with Gasteiger partial charge in [-0.25, -0.2) is 9.97 Å². The zero-order valence-electron chi connectivity index (χ0n) is 16.8. The van der Waals surface area contributed by atoms with Crippen LogP contribution in [0.25, 0.3) is 5.57 Å². The Labute approximate surface area is 165 Å². The van der Waals surface area contributed by atoms with Crippen molar-refractivity contribution in [2.45, 2.75) is 59.0 Å². The van der Waals surface area contributed by atoms with Gasteiger partial charge in [0.1, 0.15) is 17.4 Å². The molecule has 2 aromatic rings. The fourth-order valence-electron chi connectivity index (χ4n) is 3.32. The molecule has 0 radical (unpaired) electrons. The van der Waals surface area contributed by atoms with Crippen molar-refractivity contribution in [1.82, 2.24) is 15.0 Å². The molecule has 0 aromatic carbocycles. The van der Waals surface area contributed by atoms with E-state index in [2.05, 4.69) is 29.9 Å². The average Bonchev–Trinajstić information content (AvgIpc) is 3.11. The molecule has 0 aliphatic heterocycles. The van der Waals surface area contributed by atoms with E-state index in [1.807, 2.05) is 12.1 Å². The zero-order chi connectivity index (χ0) is 20.5. The Morgan fingerprint density at radius 1 is 1.39 bits per heavy atom. The molecule has 0 spiro atoms. The predicted molar refractivity (Wildman–Crippen MR) is 106 cm³/mol. The molecule has 0 fully saturated rings. The third kappa shape index (κ3) is 4.37. The number of hydrogen-bond acceptors (Lipinski definition) is 5. The fraction of sp³-hybridized carbons (Fsp3) is 0.455. The van der Waals surface area contributed by atoms with E-state index in [0.717, 1.165) is 36.1 Å². The molecule has 0 unspecified atom stereocenters. The number of aliphatic hydroxyl groups is 1. The number of pyridine rings is 1. The molecule has 28 heavy (non-hydrogen) atoms. The van der Waals surface area contributed by atoms with Gasteiger partial charge in [-0.15, -0.1) is 0 Å². The standard InChI is InChI=1S/C22H26N4O2/c1-21(2)9-7-14(8-10-21)19-15(5-6-18(26-19)22(3,4)28)11-17(27)20-24-13-16(12-23)25-20/h5-7,13,28H,8-11H2,1-4H3,(H,24,25). The number of Topliss-reactive ketones (excluding diaryl/α,β-unsaturated/α-hetero) is 1. The van der Waals surface area contributed by atoms with Gasteiger partial charge < -0.3 is 10.1 Å². The highest BCUT2D eigenvalue weighted by Crippen LogP contribution is 2.38. The molecule has 2 heterocycles. The first-order valence-electron chi connectivity index (χ1n) is 9.49. The van der Waals surface area contributed by atoms with Gasteiger partial charge >= 0.3 is 0 Å². The summed E-state index contributed by atoms with van der Waals surface area (Å²) < 4.78 is 0. The second kappa shape index (κ2) is 7.33. The first kappa shape index (κ1) is 20.0. The highest BCUT2D eigenvalue weighted by Gasteiger charge is 2.26. The first-order chi connectivity index (χ1) is 13.1. The topological polar surface area (TPSA) is 103 Å². The molecule has 6 nitrogen and oxygen atoms in total. The molecule has 6 heteroatoms. The number of aromatic nitrogens is 3. The third-order valence-corrected chi connectivity index (χ3v) is 5.19. The molecule has 2 N–H and O–H groups in total. The van der Waals surface area contributed by atoms with E-state index in [1.54, 1.807) is 19.9 Å². The summed E-state index contributed by atoms with van der Waals surface area (Å²) in [7, 11) is 0.